The minimum atomic E-state index is -4.46. The highest BCUT2D eigenvalue weighted by molar-refractivity contribution is 5.83. The Labute approximate surface area is 198 Å². The first-order chi connectivity index (χ1) is 16.0. The molecule has 4 rings (SSSR count). The second-order valence-corrected chi connectivity index (χ2v) is 10.6. The number of rotatable bonds is 5. The molecular weight excluding hydrogens is 447 g/mol. The van der Waals surface area contributed by atoms with Gasteiger partial charge in [0.2, 0.25) is 5.91 Å². The molecule has 2 fully saturated rings. The monoisotopic (exact) mass is 481 g/mol. The number of alkyl halides is 3. The third kappa shape index (κ3) is 4.95. The molecule has 188 valence electrons. The van der Waals surface area contributed by atoms with Gasteiger partial charge >= 0.3 is 12.1 Å². The lowest BCUT2D eigenvalue weighted by Crippen LogP contribution is -2.49. The molecule has 2 aliphatic carbocycles. The van der Waals surface area contributed by atoms with E-state index in [4.69, 9.17) is 0 Å². The zero-order valence-electron chi connectivity index (χ0n) is 19.8. The molecule has 1 aromatic heterocycles. The van der Waals surface area contributed by atoms with Crippen LogP contribution in [-0.4, -0.2) is 45.5 Å². The minimum absolute atomic E-state index is 0.0319. The van der Waals surface area contributed by atoms with Gasteiger partial charge in [0.05, 0.1) is 16.9 Å². The average molecular weight is 482 g/mol. The number of amides is 1. The fourth-order valence-electron chi connectivity index (χ4n) is 6.09. The smallest absolute Gasteiger partial charge is 0.417 e. The lowest BCUT2D eigenvalue weighted by molar-refractivity contribution is -0.146. The van der Waals surface area contributed by atoms with Crippen LogP contribution in [0.4, 0.5) is 13.2 Å². The number of nitrogens with one attached hydrogen (secondary N) is 1. The molecule has 34 heavy (non-hydrogen) atoms. The van der Waals surface area contributed by atoms with Gasteiger partial charge in [-0.25, -0.2) is 0 Å². The first-order valence-corrected chi connectivity index (χ1v) is 12.3. The molecule has 0 saturated heterocycles. The lowest BCUT2D eigenvalue weighted by atomic mass is 9.73. The van der Waals surface area contributed by atoms with Crippen molar-refractivity contribution in [2.24, 2.45) is 17.3 Å². The van der Waals surface area contributed by atoms with E-state index in [1.807, 2.05) is 0 Å². The Morgan fingerprint density at radius 2 is 1.88 bits per heavy atom. The number of carbonyl (C=O) groups excluding carboxylic acids is 1. The summed E-state index contributed by atoms with van der Waals surface area (Å²) in [7, 11) is 0. The van der Waals surface area contributed by atoms with E-state index in [1.165, 1.54) is 0 Å². The number of nitrogens with zero attached hydrogens (tertiary/aromatic N) is 2. The summed E-state index contributed by atoms with van der Waals surface area (Å²) in [5.74, 6) is -0.836. The molecule has 0 bridgehead atoms. The second kappa shape index (κ2) is 9.47. The van der Waals surface area contributed by atoms with Crippen molar-refractivity contribution < 1.29 is 27.9 Å². The first-order valence-electron chi connectivity index (χ1n) is 12.3. The zero-order chi connectivity index (χ0) is 24.7. The van der Waals surface area contributed by atoms with Gasteiger partial charge in [-0.3, -0.25) is 14.6 Å². The van der Waals surface area contributed by atoms with Crippen LogP contribution in [0.3, 0.4) is 0 Å². The maximum Gasteiger partial charge on any atom is 0.417 e. The Morgan fingerprint density at radius 1 is 1.18 bits per heavy atom. The maximum atomic E-state index is 13.8. The van der Waals surface area contributed by atoms with Crippen LogP contribution in [0.25, 0.3) is 0 Å². The molecule has 2 saturated carbocycles. The minimum Gasteiger partial charge on any atom is -0.481 e. The number of aliphatic carboxylic acids is 1. The number of carboxylic acids is 1. The van der Waals surface area contributed by atoms with Gasteiger partial charge in [0.1, 0.15) is 0 Å². The van der Waals surface area contributed by atoms with Crippen LogP contribution < -0.4 is 5.32 Å². The molecule has 2 heterocycles. The molecule has 1 aromatic rings. The average Bonchev–Trinajstić information content (AvgIpc) is 3.22. The van der Waals surface area contributed by atoms with Crippen LogP contribution in [0.1, 0.15) is 75.6 Å². The Bertz CT molecular complexity index is 928. The molecule has 2 atom stereocenters. The number of aromatic nitrogens is 1. The van der Waals surface area contributed by atoms with Crippen LogP contribution in [0.15, 0.2) is 12.3 Å². The van der Waals surface area contributed by atoms with E-state index in [2.05, 4.69) is 24.1 Å². The van der Waals surface area contributed by atoms with E-state index >= 15 is 0 Å². The van der Waals surface area contributed by atoms with E-state index in [9.17, 15) is 27.9 Å². The number of carbonyl (C=O) groups is 2. The summed E-state index contributed by atoms with van der Waals surface area (Å²) in [4.78, 5) is 30.8. The van der Waals surface area contributed by atoms with Crippen molar-refractivity contribution in [2.45, 2.75) is 90.0 Å². The normalized spacial score (nSPS) is 29.8. The van der Waals surface area contributed by atoms with Crippen molar-refractivity contribution in [3.63, 3.8) is 0 Å². The van der Waals surface area contributed by atoms with Gasteiger partial charge in [-0.05, 0) is 62.5 Å². The van der Waals surface area contributed by atoms with Gasteiger partial charge in [-0.15, -0.1) is 0 Å². The fraction of sp³-hybridized carbons (Fsp3) is 0.720. The molecule has 1 aliphatic heterocycles. The van der Waals surface area contributed by atoms with E-state index < -0.39 is 23.1 Å². The summed E-state index contributed by atoms with van der Waals surface area (Å²) < 4.78 is 39.5. The number of carboxylic acid groups (broad SMARTS) is 1. The van der Waals surface area contributed by atoms with Crippen LogP contribution in [0.5, 0.6) is 0 Å². The van der Waals surface area contributed by atoms with Crippen molar-refractivity contribution in [1.29, 1.82) is 0 Å². The third-order valence-electron chi connectivity index (χ3n) is 8.28. The topological polar surface area (TPSA) is 82.5 Å². The summed E-state index contributed by atoms with van der Waals surface area (Å²) in [6.07, 6.45) is 2.20. The molecular formula is C25H34F3N3O3. The summed E-state index contributed by atoms with van der Waals surface area (Å²) >= 11 is 0. The Hall–Kier alpha value is -2.16. The SMILES string of the molecule is CC(C)C1(C(=O)N2CCc3ncc(C(F)(F)F)cc3C2)CCC(NC2CCC(C(=O)O)CC2)C1. The summed E-state index contributed by atoms with van der Waals surface area (Å²) in [5, 5.41) is 12.9. The van der Waals surface area contributed by atoms with Gasteiger partial charge < -0.3 is 15.3 Å². The highest BCUT2D eigenvalue weighted by Crippen LogP contribution is 2.47. The van der Waals surface area contributed by atoms with E-state index in [-0.39, 0.29) is 36.4 Å². The van der Waals surface area contributed by atoms with E-state index in [0.717, 1.165) is 37.9 Å². The van der Waals surface area contributed by atoms with Gasteiger partial charge in [-0.2, -0.15) is 13.2 Å². The molecule has 3 aliphatic rings. The number of halogens is 3. The van der Waals surface area contributed by atoms with Crippen molar-refractivity contribution >= 4 is 11.9 Å². The first kappa shape index (κ1) is 24.9. The summed E-state index contributed by atoms with van der Waals surface area (Å²) in [6.45, 7) is 4.74. The van der Waals surface area contributed by atoms with E-state index in [1.54, 1.807) is 4.90 Å². The molecule has 2 unspecified atom stereocenters. The molecule has 6 nitrogen and oxygen atoms in total. The standard InChI is InChI=1S/C25H34F3N3O3/c1-15(2)24(9-7-20(12-24)30-19-5-3-16(4-6-19)22(32)33)23(34)31-10-8-21-17(14-31)11-18(13-29-21)25(26,27)28/h11,13,15-16,19-20,30H,3-10,12,14H2,1-2H3,(H,32,33). The number of fused-ring (bicyclic) bond motifs is 1. The Balaban J connectivity index is 1.43. The largest absolute Gasteiger partial charge is 0.481 e. The molecule has 1 amide bonds. The van der Waals surface area contributed by atoms with Gasteiger partial charge in [-0.1, -0.05) is 13.8 Å². The van der Waals surface area contributed by atoms with Crippen LogP contribution in [-0.2, 0) is 28.7 Å². The number of hydrogen-bond acceptors (Lipinski definition) is 4. The van der Waals surface area contributed by atoms with Crippen LogP contribution in [0, 0.1) is 17.3 Å². The van der Waals surface area contributed by atoms with Crippen molar-refractivity contribution in [2.75, 3.05) is 6.54 Å². The van der Waals surface area contributed by atoms with Gasteiger partial charge in [0.25, 0.3) is 0 Å². The second-order valence-electron chi connectivity index (χ2n) is 10.6. The fourth-order valence-corrected chi connectivity index (χ4v) is 6.09. The highest BCUT2D eigenvalue weighted by Gasteiger charge is 2.50. The predicted molar refractivity (Wildman–Crippen MR) is 120 cm³/mol. The Kier molecular flexibility index (Phi) is 6.95. The number of hydrogen-bond donors (Lipinski definition) is 2. The van der Waals surface area contributed by atoms with Crippen LogP contribution in [0.2, 0.25) is 0 Å². The van der Waals surface area contributed by atoms with Crippen molar-refractivity contribution in [3.05, 3.63) is 29.1 Å². The molecule has 2 N–H and O–H groups in total. The van der Waals surface area contributed by atoms with Crippen LogP contribution >= 0.6 is 0 Å². The molecule has 0 radical (unpaired) electrons. The summed E-state index contributed by atoms with van der Waals surface area (Å²) in [6, 6.07) is 1.59. The van der Waals surface area contributed by atoms with E-state index in [0.29, 0.717) is 43.5 Å². The zero-order valence-corrected chi connectivity index (χ0v) is 19.8. The van der Waals surface area contributed by atoms with Gasteiger partial charge in [0, 0.05) is 43.5 Å². The van der Waals surface area contributed by atoms with Crippen molar-refractivity contribution in [1.82, 2.24) is 15.2 Å². The lowest BCUT2D eigenvalue weighted by Gasteiger charge is -2.40. The predicted octanol–water partition coefficient (Wildman–Crippen LogP) is 4.41. The Morgan fingerprint density at radius 3 is 2.50 bits per heavy atom. The third-order valence-corrected chi connectivity index (χ3v) is 8.28. The molecule has 9 heteroatoms. The molecule has 0 aromatic carbocycles. The maximum absolute atomic E-state index is 13.8. The van der Waals surface area contributed by atoms with Gasteiger partial charge in [0.15, 0.2) is 0 Å². The molecule has 0 spiro atoms. The summed E-state index contributed by atoms with van der Waals surface area (Å²) in [5.41, 5.74) is -0.195. The number of pyridine rings is 1. The van der Waals surface area contributed by atoms with Crippen molar-refractivity contribution in [3.8, 4) is 0 Å². The quantitative estimate of drug-likeness (QED) is 0.651. The highest BCUT2D eigenvalue weighted by atomic mass is 19.4.